The lowest BCUT2D eigenvalue weighted by atomic mass is 10.0. The Morgan fingerprint density at radius 3 is 2.80 bits per heavy atom. The maximum Gasteiger partial charge on any atom is 0.197 e. The van der Waals surface area contributed by atoms with Crippen LogP contribution < -0.4 is 5.73 Å². The summed E-state index contributed by atoms with van der Waals surface area (Å²) in [5.41, 5.74) is 7.81. The number of aromatic nitrogens is 1. The van der Waals surface area contributed by atoms with Crippen LogP contribution in [-0.4, -0.2) is 10.8 Å². The van der Waals surface area contributed by atoms with Gasteiger partial charge in [-0.3, -0.25) is 4.79 Å². The van der Waals surface area contributed by atoms with Gasteiger partial charge in [0.15, 0.2) is 5.78 Å². The van der Waals surface area contributed by atoms with Crippen LogP contribution >= 0.6 is 11.3 Å². The first-order valence-corrected chi connectivity index (χ1v) is 5.42. The second-order valence-electron chi connectivity index (χ2n) is 3.23. The molecule has 76 valence electrons. The summed E-state index contributed by atoms with van der Waals surface area (Å²) in [7, 11) is 0. The molecule has 0 aliphatic carbocycles. The topological polar surface area (TPSA) is 56.0 Å². The smallest absolute Gasteiger partial charge is 0.197 e. The summed E-state index contributed by atoms with van der Waals surface area (Å²) in [6.45, 7) is 1.91. The Kier molecular flexibility index (Phi) is 2.51. The molecule has 2 N–H and O–H groups in total. The molecule has 2 heterocycles. The van der Waals surface area contributed by atoms with Crippen LogP contribution in [-0.2, 0) is 0 Å². The molecule has 0 aliphatic rings. The van der Waals surface area contributed by atoms with Gasteiger partial charge in [0.2, 0.25) is 0 Å². The zero-order valence-electron chi connectivity index (χ0n) is 8.23. The number of nitrogens with two attached hydrogens (primary N) is 1. The third-order valence-electron chi connectivity index (χ3n) is 2.18. The van der Waals surface area contributed by atoms with Crippen LogP contribution in [0.1, 0.15) is 21.5 Å². The molecule has 0 saturated heterocycles. The van der Waals surface area contributed by atoms with Crippen molar-refractivity contribution in [1.82, 2.24) is 4.98 Å². The van der Waals surface area contributed by atoms with E-state index in [4.69, 9.17) is 5.73 Å². The quantitative estimate of drug-likeness (QED) is 0.787. The first kappa shape index (κ1) is 9.86. The number of carbonyl (C=O) groups is 1. The number of thiophene rings is 1. The number of hydrogen-bond donors (Lipinski definition) is 1. The normalized spacial score (nSPS) is 10.2. The maximum absolute atomic E-state index is 12.0. The lowest BCUT2D eigenvalue weighted by molar-refractivity contribution is 0.103. The van der Waals surface area contributed by atoms with Crippen molar-refractivity contribution in [3.8, 4) is 0 Å². The van der Waals surface area contributed by atoms with Crippen LogP contribution in [0.25, 0.3) is 0 Å². The lowest BCUT2D eigenvalue weighted by Crippen LogP contribution is -2.06. The maximum atomic E-state index is 12.0. The highest BCUT2D eigenvalue weighted by molar-refractivity contribution is 7.08. The van der Waals surface area contributed by atoms with Crippen LogP contribution in [0.2, 0.25) is 0 Å². The van der Waals surface area contributed by atoms with Gasteiger partial charge in [-0.1, -0.05) is 0 Å². The highest BCUT2D eigenvalue weighted by Gasteiger charge is 2.15. The van der Waals surface area contributed by atoms with Gasteiger partial charge in [-0.25, -0.2) is 4.98 Å². The second-order valence-corrected chi connectivity index (χ2v) is 3.98. The Balaban J connectivity index is 2.46. The lowest BCUT2D eigenvalue weighted by Gasteiger charge is -2.02. The molecule has 2 aromatic heterocycles. The van der Waals surface area contributed by atoms with Crippen molar-refractivity contribution < 1.29 is 4.79 Å². The molecule has 0 bridgehead atoms. The molecule has 15 heavy (non-hydrogen) atoms. The fourth-order valence-corrected chi connectivity index (χ4v) is 2.18. The highest BCUT2D eigenvalue weighted by atomic mass is 32.1. The fourth-order valence-electron chi connectivity index (χ4n) is 1.35. The van der Waals surface area contributed by atoms with Gasteiger partial charge < -0.3 is 5.73 Å². The summed E-state index contributed by atoms with van der Waals surface area (Å²) in [5, 5.41) is 3.78. The fraction of sp³-hybridized carbons (Fsp3) is 0.0909. The molecule has 0 unspecified atom stereocenters. The number of nitrogens with zero attached hydrogens (tertiary/aromatic N) is 1. The van der Waals surface area contributed by atoms with Crippen molar-refractivity contribution in [3.63, 3.8) is 0 Å². The largest absolute Gasteiger partial charge is 0.383 e. The Morgan fingerprint density at radius 1 is 1.40 bits per heavy atom. The first-order valence-electron chi connectivity index (χ1n) is 4.48. The number of rotatable bonds is 2. The zero-order chi connectivity index (χ0) is 10.8. The average molecular weight is 218 g/mol. The summed E-state index contributed by atoms with van der Waals surface area (Å²) >= 11 is 1.51. The first-order chi connectivity index (χ1) is 7.20. The second kappa shape index (κ2) is 3.82. The number of pyridine rings is 1. The molecule has 2 rings (SSSR count). The Hall–Kier alpha value is -1.68. The van der Waals surface area contributed by atoms with Crippen molar-refractivity contribution in [2.45, 2.75) is 6.92 Å². The van der Waals surface area contributed by atoms with Crippen molar-refractivity contribution in [3.05, 3.63) is 45.8 Å². The van der Waals surface area contributed by atoms with Crippen molar-refractivity contribution in [2.24, 2.45) is 0 Å². The van der Waals surface area contributed by atoms with E-state index in [1.165, 1.54) is 11.3 Å². The predicted molar refractivity (Wildman–Crippen MR) is 61.1 cm³/mol. The van der Waals surface area contributed by atoms with E-state index < -0.39 is 0 Å². The molecule has 0 aliphatic heterocycles. The van der Waals surface area contributed by atoms with Gasteiger partial charge in [-0.2, -0.15) is 11.3 Å². The minimum absolute atomic E-state index is 0.0562. The number of nitrogen functional groups attached to an aromatic ring is 1. The number of carbonyl (C=O) groups excluding carboxylic acids is 1. The van der Waals surface area contributed by atoms with Gasteiger partial charge >= 0.3 is 0 Å². The van der Waals surface area contributed by atoms with Crippen LogP contribution in [0, 0.1) is 6.92 Å². The zero-order valence-corrected chi connectivity index (χ0v) is 9.04. The molecule has 0 fully saturated rings. The number of aryl methyl sites for hydroxylation is 1. The SMILES string of the molecule is Cc1cscc1C(=O)c1cccnc1N. The molecule has 0 atom stereocenters. The van der Waals surface area contributed by atoms with Crippen molar-refractivity contribution in [2.75, 3.05) is 5.73 Å². The molecule has 0 spiro atoms. The summed E-state index contributed by atoms with van der Waals surface area (Å²) < 4.78 is 0. The molecule has 3 nitrogen and oxygen atoms in total. The van der Waals surface area contributed by atoms with Gasteiger partial charge in [0.25, 0.3) is 0 Å². The van der Waals surface area contributed by atoms with Crippen LogP contribution in [0.15, 0.2) is 29.1 Å². The van der Waals surface area contributed by atoms with E-state index in [-0.39, 0.29) is 11.6 Å². The number of anilines is 1. The monoisotopic (exact) mass is 218 g/mol. The van der Waals surface area contributed by atoms with Crippen LogP contribution in [0.4, 0.5) is 5.82 Å². The van der Waals surface area contributed by atoms with Crippen LogP contribution in [0.3, 0.4) is 0 Å². The van der Waals surface area contributed by atoms with Crippen LogP contribution in [0.5, 0.6) is 0 Å². The Bertz CT molecular complexity index is 505. The molecule has 2 aromatic rings. The summed E-state index contributed by atoms with van der Waals surface area (Å²) in [4.78, 5) is 15.9. The van der Waals surface area contributed by atoms with E-state index in [0.717, 1.165) is 5.56 Å². The highest BCUT2D eigenvalue weighted by Crippen LogP contribution is 2.20. The van der Waals surface area contributed by atoms with E-state index >= 15 is 0 Å². The molecule has 0 amide bonds. The van der Waals surface area contributed by atoms with E-state index in [0.29, 0.717) is 11.1 Å². The van der Waals surface area contributed by atoms with Gasteiger partial charge in [-0.05, 0) is 30.0 Å². The minimum Gasteiger partial charge on any atom is -0.383 e. The summed E-state index contributed by atoms with van der Waals surface area (Å²) in [6, 6.07) is 3.41. The molecule has 4 heteroatoms. The number of ketones is 1. The average Bonchev–Trinajstić information content (AvgIpc) is 2.64. The Labute approximate surface area is 91.6 Å². The van der Waals surface area contributed by atoms with Gasteiger partial charge in [-0.15, -0.1) is 0 Å². The Morgan fingerprint density at radius 2 is 2.20 bits per heavy atom. The van der Waals surface area contributed by atoms with Gasteiger partial charge in [0.05, 0.1) is 5.56 Å². The van der Waals surface area contributed by atoms with Gasteiger partial charge in [0, 0.05) is 17.1 Å². The van der Waals surface area contributed by atoms with E-state index in [1.54, 1.807) is 18.3 Å². The standard InChI is InChI=1S/C11H10N2OS/c1-7-5-15-6-9(7)10(14)8-3-2-4-13-11(8)12/h2-6H,1H3,(H2,12,13). The van der Waals surface area contributed by atoms with E-state index in [9.17, 15) is 4.79 Å². The van der Waals surface area contributed by atoms with Gasteiger partial charge in [0.1, 0.15) is 5.82 Å². The molecular weight excluding hydrogens is 208 g/mol. The van der Waals surface area contributed by atoms with E-state index in [1.807, 2.05) is 17.7 Å². The molecule has 0 aromatic carbocycles. The minimum atomic E-state index is -0.0562. The summed E-state index contributed by atoms with van der Waals surface area (Å²) in [5.74, 6) is 0.229. The number of hydrogen-bond acceptors (Lipinski definition) is 4. The van der Waals surface area contributed by atoms with Crippen molar-refractivity contribution >= 4 is 22.9 Å². The molecule has 0 radical (unpaired) electrons. The third kappa shape index (κ3) is 1.76. The summed E-state index contributed by atoms with van der Waals surface area (Å²) in [6.07, 6.45) is 1.58. The van der Waals surface area contributed by atoms with E-state index in [2.05, 4.69) is 4.98 Å². The van der Waals surface area contributed by atoms with Crippen molar-refractivity contribution in [1.29, 1.82) is 0 Å². The molecule has 0 saturated carbocycles. The predicted octanol–water partition coefficient (Wildman–Crippen LogP) is 2.26. The molecular formula is C11H10N2OS. The third-order valence-corrected chi connectivity index (χ3v) is 3.04.